The molecule has 0 aliphatic heterocycles. The topological polar surface area (TPSA) is 93.5 Å². The van der Waals surface area contributed by atoms with Crippen molar-refractivity contribution in [2.75, 3.05) is 13.2 Å². The van der Waals surface area contributed by atoms with Gasteiger partial charge >= 0.3 is 5.97 Å². The summed E-state index contributed by atoms with van der Waals surface area (Å²) in [4.78, 5) is 11.0. The second-order valence-corrected chi connectivity index (χ2v) is 6.99. The molecule has 2 aromatic carbocycles. The molecule has 134 valence electrons. The van der Waals surface area contributed by atoms with Gasteiger partial charge in [-0.05, 0) is 31.2 Å². The largest absolute Gasteiger partial charge is 0.481 e. The van der Waals surface area contributed by atoms with Crippen LogP contribution in [0.3, 0.4) is 0 Å². The molecule has 6 nitrogen and oxygen atoms in total. The molecule has 0 N–H and O–H groups in total. The maximum absolute atomic E-state index is 12.6. The minimum Gasteiger partial charge on any atom is -0.481 e. The van der Waals surface area contributed by atoms with Crippen molar-refractivity contribution in [1.29, 1.82) is 5.26 Å². The van der Waals surface area contributed by atoms with E-state index in [9.17, 15) is 18.5 Å². The Bertz CT molecular complexity index is 943. The molecule has 0 bridgehead atoms. The van der Waals surface area contributed by atoms with E-state index in [1.54, 1.807) is 55.5 Å². The van der Waals surface area contributed by atoms with Crippen LogP contribution in [0.15, 0.2) is 64.4 Å². The number of carbonyl (C=O) groups excluding carboxylic acids is 1. The summed E-state index contributed by atoms with van der Waals surface area (Å²) < 4.78 is 35.4. The first kappa shape index (κ1) is 19.2. The maximum atomic E-state index is 12.6. The number of sulfone groups is 1. The van der Waals surface area contributed by atoms with Crippen LogP contribution in [-0.4, -0.2) is 27.6 Å². The third-order valence-corrected chi connectivity index (χ3v) is 4.99. The number of esters is 1. The second kappa shape index (κ2) is 8.83. The summed E-state index contributed by atoms with van der Waals surface area (Å²) >= 11 is 0. The van der Waals surface area contributed by atoms with Gasteiger partial charge in [0.25, 0.3) is 0 Å². The first-order valence-corrected chi connectivity index (χ1v) is 9.26. The molecular weight excluding hydrogens is 354 g/mol. The van der Waals surface area contributed by atoms with Gasteiger partial charge in [0.2, 0.25) is 9.84 Å². The molecule has 0 amide bonds. The zero-order chi connectivity index (χ0) is 19.0. The van der Waals surface area contributed by atoms with Crippen LogP contribution in [0, 0.1) is 11.3 Å². The van der Waals surface area contributed by atoms with Crippen molar-refractivity contribution in [2.24, 2.45) is 0 Å². The molecule has 0 atom stereocenters. The summed E-state index contributed by atoms with van der Waals surface area (Å²) in [5.41, 5.74) is 0.368. The van der Waals surface area contributed by atoms with E-state index in [2.05, 4.69) is 0 Å². The molecule has 2 rings (SSSR count). The summed E-state index contributed by atoms with van der Waals surface area (Å²) in [5, 5.41) is 9.35. The van der Waals surface area contributed by atoms with E-state index in [1.165, 1.54) is 18.2 Å². The van der Waals surface area contributed by atoms with E-state index in [0.717, 1.165) is 0 Å². The van der Waals surface area contributed by atoms with E-state index in [-0.39, 0.29) is 23.9 Å². The summed E-state index contributed by atoms with van der Waals surface area (Å²) in [6, 6.07) is 15.9. The predicted octanol–water partition coefficient (Wildman–Crippen LogP) is 2.97. The molecule has 0 aromatic heterocycles. The van der Waals surface area contributed by atoms with E-state index in [0.29, 0.717) is 5.56 Å². The van der Waals surface area contributed by atoms with E-state index in [1.807, 2.05) is 0 Å². The summed E-state index contributed by atoms with van der Waals surface area (Å²) in [5.74, 6) is -0.264. The molecule has 0 aliphatic carbocycles. The van der Waals surface area contributed by atoms with Crippen LogP contribution in [0.5, 0.6) is 5.75 Å². The Kier molecular flexibility index (Phi) is 6.53. The average Bonchev–Trinajstić information content (AvgIpc) is 2.66. The van der Waals surface area contributed by atoms with Gasteiger partial charge in [-0.15, -0.1) is 0 Å². The highest BCUT2D eigenvalue weighted by Crippen LogP contribution is 2.25. The molecule has 26 heavy (non-hydrogen) atoms. The number of ether oxygens (including phenoxy) is 2. The molecule has 2 aromatic rings. The number of carbonyl (C=O) groups is 1. The number of rotatable bonds is 7. The maximum Gasteiger partial charge on any atom is 0.344 e. The second-order valence-electron chi connectivity index (χ2n) is 5.07. The quantitative estimate of drug-likeness (QED) is 0.549. The monoisotopic (exact) mass is 371 g/mol. The molecule has 7 heteroatoms. The molecular formula is C19H17NO5S. The molecule has 0 fully saturated rings. The van der Waals surface area contributed by atoms with Gasteiger partial charge in [-0.25, -0.2) is 13.2 Å². The lowest BCUT2D eigenvalue weighted by molar-refractivity contribution is -0.145. The summed E-state index contributed by atoms with van der Waals surface area (Å²) in [7, 11) is -3.95. The fourth-order valence-corrected chi connectivity index (χ4v) is 3.28. The number of benzene rings is 2. The summed E-state index contributed by atoms with van der Waals surface area (Å²) in [6.07, 6.45) is 1.23. The van der Waals surface area contributed by atoms with Gasteiger partial charge in [0.05, 0.1) is 11.5 Å². The highest BCUT2D eigenvalue weighted by Gasteiger charge is 2.21. The lowest BCUT2D eigenvalue weighted by atomic mass is 10.2. The number of allylic oxidation sites excluding steroid dienone is 1. The smallest absolute Gasteiger partial charge is 0.344 e. The number of nitriles is 1. The highest BCUT2D eigenvalue weighted by molar-refractivity contribution is 7.95. The van der Waals surface area contributed by atoms with Crippen LogP contribution in [0.2, 0.25) is 0 Å². The van der Waals surface area contributed by atoms with Gasteiger partial charge in [-0.3, -0.25) is 0 Å². The highest BCUT2D eigenvalue weighted by atomic mass is 32.2. The Balaban J connectivity index is 2.35. The van der Waals surface area contributed by atoms with Crippen molar-refractivity contribution >= 4 is 21.9 Å². The Morgan fingerprint density at radius 3 is 2.42 bits per heavy atom. The zero-order valence-corrected chi connectivity index (χ0v) is 14.9. The lowest BCUT2D eigenvalue weighted by Crippen LogP contribution is -2.15. The SMILES string of the molecule is CCOC(=O)COc1ccccc1/C=C(\C#N)S(=O)(=O)c1ccccc1. The van der Waals surface area contributed by atoms with Gasteiger partial charge in [0.1, 0.15) is 16.7 Å². The van der Waals surface area contributed by atoms with Gasteiger partial charge in [-0.1, -0.05) is 36.4 Å². The molecule has 0 heterocycles. The first-order chi connectivity index (χ1) is 12.5. The Morgan fingerprint density at radius 2 is 1.77 bits per heavy atom. The van der Waals surface area contributed by atoms with Crippen molar-refractivity contribution in [2.45, 2.75) is 11.8 Å². The van der Waals surface area contributed by atoms with Gasteiger partial charge in [0.15, 0.2) is 6.61 Å². The standard InChI is InChI=1S/C19H17NO5S/c1-2-24-19(21)14-25-18-11-7-6-8-15(18)12-17(13-20)26(22,23)16-9-4-3-5-10-16/h3-12H,2,14H2,1H3/b17-12+. The number of hydrogen-bond acceptors (Lipinski definition) is 6. The van der Waals surface area contributed by atoms with Gasteiger partial charge < -0.3 is 9.47 Å². The van der Waals surface area contributed by atoms with E-state index >= 15 is 0 Å². The van der Waals surface area contributed by atoms with Gasteiger partial charge in [-0.2, -0.15) is 5.26 Å². The Morgan fingerprint density at radius 1 is 1.12 bits per heavy atom. The number of nitrogens with zero attached hydrogens (tertiary/aromatic N) is 1. The third-order valence-electron chi connectivity index (χ3n) is 3.31. The zero-order valence-electron chi connectivity index (χ0n) is 14.1. The van der Waals surface area contributed by atoms with Crippen LogP contribution in [0.1, 0.15) is 12.5 Å². The first-order valence-electron chi connectivity index (χ1n) is 7.78. The predicted molar refractivity (Wildman–Crippen MR) is 95.8 cm³/mol. The molecule has 0 aliphatic rings. The Labute approximate surface area is 152 Å². The third kappa shape index (κ3) is 4.71. The fraction of sp³-hybridized carbons (Fsp3) is 0.158. The Hall–Kier alpha value is -3.11. The fourth-order valence-electron chi connectivity index (χ4n) is 2.11. The van der Waals surface area contributed by atoms with Crippen LogP contribution < -0.4 is 4.74 Å². The normalized spacial score (nSPS) is 11.5. The summed E-state index contributed by atoms with van der Waals surface area (Å²) in [6.45, 7) is 1.60. The van der Waals surface area contributed by atoms with Crippen LogP contribution in [0.4, 0.5) is 0 Å². The molecule has 0 spiro atoms. The van der Waals surface area contributed by atoms with Crippen molar-refractivity contribution in [1.82, 2.24) is 0 Å². The molecule has 0 unspecified atom stereocenters. The lowest BCUT2D eigenvalue weighted by Gasteiger charge is -2.09. The van der Waals surface area contributed by atoms with E-state index < -0.39 is 20.7 Å². The molecule has 0 radical (unpaired) electrons. The van der Waals surface area contributed by atoms with Crippen molar-refractivity contribution in [3.05, 3.63) is 65.1 Å². The van der Waals surface area contributed by atoms with Crippen LogP contribution in [0.25, 0.3) is 6.08 Å². The van der Waals surface area contributed by atoms with Crippen molar-refractivity contribution < 1.29 is 22.7 Å². The minimum absolute atomic E-state index is 0.0257. The van der Waals surface area contributed by atoms with Crippen molar-refractivity contribution in [3.8, 4) is 11.8 Å². The van der Waals surface area contributed by atoms with Crippen molar-refractivity contribution in [3.63, 3.8) is 0 Å². The van der Waals surface area contributed by atoms with Gasteiger partial charge in [0, 0.05) is 5.56 Å². The minimum atomic E-state index is -3.95. The van der Waals surface area contributed by atoms with E-state index in [4.69, 9.17) is 9.47 Å². The number of para-hydroxylation sites is 1. The molecule has 0 saturated heterocycles. The average molecular weight is 371 g/mol. The number of hydrogen-bond donors (Lipinski definition) is 0. The molecule has 0 saturated carbocycles. The van der Waals surface area contributed by atoms with Crippen LogP contribution in [-0.2, 0) is 19.4 Å². The van der Waals surface area contributed by atoms with Crippen LogP contribution >= 0.6 is 0 Å².